The molecule has 2 rings (SSSR count). The van der Waals surface area contributed by atoms with Gasteiger partial charge in [-0.3, -0.25) is 0 Å². The Hall–Kier alpha value is -0.991. The Balaban J connectivity index is 2.43. The van der Waals surface area contributed by atoms with Crippen molar-refractivity contribution in [2.75, 3.05) is 0 Å². The fourth-order valence-corrected chi connectivity index (χ4v) is 2.07. The zero-order valence-corrected chi connectivity index (χ0v) is 7.78. The molecule has 12 heavy (non-hydrogen) atoms. The summed E-state index contributed by atoms with van der Waals surface area (Å²) in [7, 11) is 0. The van der Waals surface area contributed by atoms with Gasteiger partial charge in [-0.05, 0) is 0 Å². The van der Waals surface area contributed by atoms with Crippen molar-refractivity contribution in [3.63, 3.8) is 0 Å². The third-order valence-electron chi connectivity index (χ3n) is 1.45. The normalized spacial score (nSPS) is 10.1. The zero-order valence-electron chi connectivity index (χ0n) is 6.07. The first-order valence-electron chi connectivity index (χ1n) is 3.38. The van der Waals surface area contributed by atoms with E-state index in [1.807, 2.05) is 0 Å². The second-order valence-electron chi connectivity index (χ2n) is 2.25. The molecule has 1 aromatic heterocycles. The van der Waals surface area contributed by atoms with Gasteiger partial charge in [0, 0.05) is 0 Å². The maximum atomic E-state index is 12.5. The van der Waals surface area contributed by atoms with E-state index in [0.717, 1.165) is 10.1 Å². The van der Waals surface area contributed by atoms with Crippen LogP contribution in [0.1, 0.15) is 0 Å². The van der Waals surface area contributed by atoms with E-state index in [1.165, 1.54) is 12.1 Å². The van der Waals surface area contributed by atoms with Gasteiger partial charge in [0.15, 0.2) is 0 Å². The van der Waals surface area contributed by atoms with Crippen molar-refractivity contribution in [1.29, 1.82) is 0 Å². The van der Waals surface area contributed by atoms with Gasteiger partial charge in [-0.15, -0.1) is 0 Å². The fourth-order valence-electron chi connectivity index (χ4n) is 0.891. The maximum absolute atomic E-state index is 12.5. The molecule has 0 unspecified atom stereocenters. The van der Waals surface area contributed by atoms with Crippen LogP contribution >= 0.6 is 0 Å². The molecule has 0 atom stereocenters. The van der Waals surface area contributed by atoms with Crippen LogP contribution in [-0.2, 0) is 0 Å². The van der Waals surface area contributed by atoms with Crippen LogP contribution in [-0.4, -0.2) is 24.7 Å². The molecule has 60 valence electrons. The number of hydrogen-bond donors (Lipinski definition) is 0. The molecule has 0 spiro atoms. The van der Waals surface area contributed by atoms with Gasteiger partial charge >= 0.3 is 74.4 Å². The van der Waals surface area contributed by atoms with E-state index in [2.05, 4.69) is 10.2 Å². The minimum atomic E-state index is -0.217. The first-order valence-corrected chi connectivity index (χ1v) is 5.23. The van der Waals surface area contributed by atoms with Crippen LogP contribution in [0.3, 0.4) is 0 Å². The Morgan fingerprint density at radius 2 is 1.92 bits per heavy atom. The van der Waals surface area contributed by atoms with Crippen molar-refractivity contribution >= 4 is 14.5 Å². The fraction of sp³-hybridized carbons (Fsp3) is 0. The van der Waals surface area contributed by atoms with Crippen molar-refractivity contribution < 1.29 is 4.39 Å². The first-order chi connectivity index (χ1) is 5.86. The predicted octanol–water partition coefficient (Wildman–Crippen LogP) is 1.34. The number of benzene rings is 1. The molecule has 0 bridgehead atoms. The Kier molecular flexibility index (Phi) is 2.02. The molecule has 2 aromatic rings. The number of halogens is 1. The summed E-state index contributed by atoms with van der Waals surface area (Å²) in [4.78, 5) is 0. The van der Waals surface area contributed by atoms with Crippen molar-refractivity contribution in [3.8, 4) is 10.1 Å². The first kappa shape index (κ1) is 7.65. The Bertz CT molecular complexity index is 355. The molecule has 0 saturated carbocycles. The third-order valence-corrected chi connectivity index (χ3v) is 3.00. The van der Waals surface area contributed by atoms with E-state index in [9.17, 15) is 4.39 Å². The molecule has 0 N–H and O–H groups in total. The molecule has 0 amide bonds. The summed E-state index contributed by atoms with van der Waals surface area (Å²) in [6.07, 6.45) is 0. The van der Waals surface area contributed by atoms with Gasteiger partial charge in [0.2, 0.25) is 0 Å². The summed E-state index contributed by atoms with van der Waals surface area (Å²) in [5.41, 5.74) is 0.967. The summed E-state index contributed by atoms with van der Waals surface area (Å²) >= 11 is 0.220. The van der Waals surface area contributed by atoms with E-state index in [1.54, 1.807) is 17.2 Å². The van der Waals surface area contributed by atoms with Gasteiger partial charge in [0.05, 0.1) is 0 Å². The van der Waals surface area contributed by atoms with Gasteiger partial charge in [-0.25, -0.2) is 0 Å². The van der Waals surface area contributed by atoms with Crippen LogP contribution in [0.5, 0.6) is 0 Å². The summed E-state index contributed by atoms with van der Waals surface area (Å²) in [6, 6.07) is 6.33. The van der Waals surface area contributed by atoms with Crippen LogP contribution in [0, 0.1) is 5.82 Å². The molecule has 0 aliphatic heterocycles. The van der Waals surface area contributed by atoms with Crippen molar-refractivity contribution in [2.45, 2.75) is 0 Å². The van der Waals surface area contributed by atoms with Crippen LogP contribution in [0.25, 0.3) is 10.1 Å². The van der Waals surface area contributed by atoms with Gasteiger partial charge in [0.25, 0.3) is 0 Å². The standard InChI is InChI=1S/C8H5FN2Se/c9-7-3-1-6(2-4-7)8-11-10-5-12-8/h1-5H. The molecule has 0 fully saturated rings. The van der Waals surface area contributed by atoms with Crippen LogP contribution in [0.2, 0.25) is 0 Å². The van der Waals surface area contributed by atoms with E-state index >= 15 is 0 Å². The van der Waals surface area contributed by atoms with E-state index in [0.29, 0.717) is 0 Å². The minimum absolute atomic E-state index is 0.217. The zero-order chi connectivity index (χ0) is 8.39. The number of rotatable bonds is 1. The molecule has 0 radical (unpaired) electrons. The molecule has 0 aliphatic rings. The van der Waals surface area contributed by atoms with Gasteiger partial charge < -0.3 is 0 Å². The molecule has 0 aliphatic carbocycles. The molecular formula is C8H5FN2Se. The van der Waals surface area contributed by atoms with Crippen molar-refractivity contribution in [1.82, 2.24) is 10.2 Å². The summed E-state index contributed by atoms with van der Waals surface area (Å²) in [5.74, 6) is -0.217. The van der Waals surface area contributed by atoms with Crippen molar-refractivity contribution in [3.05, 3.63) is 35.2 Å². The summed E-state index contributed by atoms with van der Waals surface area (Å²) in [6.45, 7) is 0. The van der Waals surface area contributed by atoms with Gasteiger partial charge in [-0.2, -0.15) is 0 Å². The van der Waals surface area contributed by atoms with Crippen LogP contribution < -0.4 is 0 Å². The molecular weight excluding hydrogens is 222 g/mol. The molecule has 4 heteroatoms. The Morgan fingerprint density at radius 3 is 2.50 bits per heavy atom. The summed E-state index contributed by atoms with van der Waals surface area (Å²) < 4.78 is 13.5. The average Bonchev–Trinajstić information content (AvgIpc) is 2.58. The second kappa shape index (κ2) is 3.17. The third kappa shape index (κ3) is 1.44. The predicted molar refractivity (Wildman–Crippen MR) is 44.4 cm³/mol. The molecule has 2 nitrogen and oxygen atoms in total. The topological polar surface area (TPSA) is 25.8 Å². The number of nitrogens with zero attached hydrogens (tertiary/aromatic N) is 2. The van der Waals surface area contributed by atoms with Crippen LogP contribution in [0.15, 0.2) is 29.3 Å². The Morgan fingerprint density at radius 1 is 1.17 bits per heavy atom. The molecule has 1 aromatic carbocycles. The van der Waals surface area contributed by atoms with Gasteiger partial charge in [0.1, 0.15) is 0 Å². The van der Waals surface area contributed by atoms with Crippen molar-refractivity contribution in [2.24, 2.45) is 0 Å². The SMILES string of the molecule is Fc1ccc(-c2nnc[se]2)cc1. The van der Waals surface area contributed by atoms with E-state index in [-0.39, 0.29) is 20.3 Å². The molecule has 0 saturated heterocycles. The van der Waals surface area contributed by atoms with E-state index in [4.69, 9.17) is 0 Å². The monoisotopic (exact) mass is 228 g/mol. The molecule has 1 heterocycles. The van der Waals surface area contributed by atoms with E-state index < -0.39 is 0 Å². The van der Waals surface area contributed by atoms with Crippen LogP contribution in [0.4, 0.5) is 4.39 Å². The quantitative estimate of drug-likeness (QED) is 0.687. The number of hydrogen-bond acceptors (Lipinski definition) is 2. The average molecular weight is 227 g/mol. The summed E-state index contributed by atoms with van der Waals surface area (Å²) in [5, 5.41) is 9.48. The second-order valence-corrected chi connectivity index (χ2v) is 4.00. The van der Waals surface area contributed by atoms with Gasteiger partial charge in [-0.1, -0.05) is 0 Å². The number of aromatic nitrogens is 2. The Labute approximate surface area is 74.8 Å².